The number of aromatic nitrogens is 1. The Kier molecular flexibility index (Phi) is 5.38. The van der Waals surface area contributed by atoms with Crippen LogP contribution in [0.5, 0.6) is 0 Å². The van der Waals surface area contributed by atoms with E-state index in [1.807, 2.05) is 19.9 Å². The summed E-state index contributed by atoms with van der Waals surface area (Å²) in [4.78, 5) is 6.73. The van der Waals surface area contributed by atoms with Crippen LogP contribution < -0.4 is 5.73 Å². The molecule has 0 radical (unpaired) electrons. The lowest BCUT2D eigenvalue weighted by Crippen LogP contribution is -2.03. The average Bonchev–Trinajstić information content (AvgIpc) is 3.02. The number of nitrogen functional groups attached to an aromatic ring is 1. The zero-order valence-corrected chi connectivity index (χ0v) is 18.3. The molecule has 1 heterocycles. The summed E-state index contributed by atoms with van der Waals surface area (Å²) in [5.41, 5.74) is 13.0. The van der Waals surface area contributed by atoms with Gasteiger partial charge in [-0.15, -0.1) is 0 Å². The monoisotopic (exact) mass is 420 g/mol. The largest absolute Gasteiger partial charge is 0.383 e. The summed E-state index contributed by atoms with van der Waals surface area (Å²) in [6.07, 6.45) is 2.05. The topological polar surface area (TPSA) is 86.5 Å². The molecule has 4 nitrogen and oxygen atoms in total. The fraction of sp³-hybridized carbons (Fsp3) is 0.115. The van der Waals surface area contributed by atoms with E-state index < -0.39 is 0 Å². The molecular formula is C26H20N4S. The van der Waals surface area contributed by atoms with Crippen LogP contribution >= 0.6 is 11.8 Å². The van der Waals surface area contributed by atoms with E-state index >= 15 is 0 Å². The number of rotatable bonds is 3. The molecule has 0 spiro atoms. The van der Waals surface area contributed by atoms with Crippen LogP contribution in [0.3, 0.4) is 0 Å². The normalized spacial score (nSPS) is 13.8. The van der Waals surface area contributed by atoms with E-state index in [0.29, 0.717) is 16.8 Å². The van der Waals surface area contributed by atoms with Gasteiger partial charge in [-0.2, -0.15) is 10.5 Å². The molecule has 150 valence electrons. The summed E-state index contributed by atoms with van der Waals surface area (Å²) in [5.74, 6) is 0.165. The number of hydrogen-bond acceptors (Lipinski definition) is 5. The summed E-state index contributed by atoms with van der Waals surface area (Å²) in [6, 6.07) is 21.2. The number of pyridine rings is 1. The maximum atomic E-state index is 9.69. The van der Waals surface area contributed by atoms with E-state index in [1.165, 1.54) is 10.5 Å². The van der Waals surface area contributed by atoms with Crippen LogP contribution in [0.2, 0.25) is 0 Å². The predicted molar refractivity (Wildman–Crippen MR) is 126 cm³/mol. The van der Waals surface area contributed by atoms with Gasteiger partial charge >= 0.3 is 0 Å². The highest BCUT2D eigenvalue weighted by Gasteiger charge is 2.29. The SMILES string of the molecule is CC1=C(C#N)c2nc(N)c(C#N)c(C)c2/C1=C\c1ccc(Sc2ccc(C)cc2)cc1. The molecule has 31 heavy (non-hydrogen) atoms. The minimum absolute atomic E-state index is 0.165. The van der Waals surface area contributed by atoms with Gasteiger partial charge in [-0.25, -0.2) is 4.98 Å². The van der Waals surface area contributed by atoms with Crippen molar-refractivity contribution in [3.63, 3.8) is 0 Å². The Bertz CT molecular complexity index is 1330. The molecule has 0 fully saturated rings. The summed E-state index contributed by atoms with van der Waals surface area (Å²) in [6.45, 7) is 5.85. The number of fused-ring (bicyclic) bond motifs is 1. The van der Waals surface area contributed by atoms with Crippen LogP contribution in [0.15, 0.2) is 63.9 Å². The Balaban J connectivity index is 1.72. The number of anilines is 1. The molecule has 4 rings (SSSR count). The summed E-state index contributed by atoms with van der Waals surface area (Å²) >= 11 is 1.72. The molecule has 0 unspecified atom stereocenters. The molecule has 0 saturated carbocycles. The maximum absolute atomic E-state index is 9.69. The van der Waals surface area contributed by atoms with Crippen molar-refractivity contribution in [1.29, 1.82) is 10.5 Å². The zero-order chi connectivity index (χ0) is 22.1. The Labute approximate surface area is 186 Å². The van der Waals surface area contributed by atoms with Gasteiger partial charge in [0.2, 0.25) is 0 Å². The van der Waals surface area contributed by atoms with Gasteiger partial charge in [0.1, 0.15) is 18.0 Å². The van der Waals surface area contributed by atoms with E-state index in [4.69, 9.17) is 5.73 Å². The molecule has 2 aromatic carbocycles. The van der Waals surface area contributed by atoms with Crippen molar-refractivity contribution >= 4 is 34.8 Å². The van der Waals surface area contributed by atoms with Crippen molar-refractivity contribution in [3.05, 3.63) is 87.6 Å². The molecule has 1 aliphatic carbocycles. The van der Waals surface area contributed by atoms with Crippen LogP contribution in [0.1, 0.15) is 40.4 Å². The van der Waals surface area contributed by atoms with Gasteiger partial charge in [0.05, 0.1) is 16.8 Å². The van der Waals surface area contributed by atoms with Crippen molar-refractivity contribution in [1.82, 2.24) is 4.98 Å². The predicted octanol–water partition coefficient (Wildman–Crippen LogP) is 6.15. The van der Waals surface area contributed by atoms with Crippen LogP contribution in [0, 0.1) is 36.5 Å². The first-order chi connectivity index (χ1) is 14.9. The van der Waals surface area contributed by atoms with Gasteiger partial charge in [-0.05, 0) is 73.4 Å². The quantitative estimate of drug-likeness (QED) is 0.549. The molecule has 5 heteroatoms. The van der Waals surface area contributed by atoms with E-state index in [2.05, 4.69) is 72.6 Å². The van der Waals surface area contributed by atoms with Crippen LogP contribution in [0.25, 0.3) is 17.2 Å². The van der Waals surface area contributed by atoms with Crippen molar-refractivity contribution < 1.29 is 0 Å². The minimum atomic E-state index is 0.165. The molecule has 2 N–H and O–H groups in total. The third-order valence-electron chi connectivity index (χ3n) is 5.43. The van der Waals surface area contributed by atoms with Gasteiger partial charge in [0.25, 0.3) is 0 Å². The number of hydrogen-bond donors (Lipinski definition) is 1. The first-order valence-electron chi connectivity index (χ1n) is 9.81. The second-order valence-corrected chi connectivity index (χ2v) is 8.63. The second kappa shape index (κ2) is 8.14. The lowest BCUT2D eigenvalue weighted by Gasteiger charge is -2.11. The number of aryl methyl sites for hydroxylation is 1. The van der Waals surface area contributed by atoms with Crippen LogP contribution in [0.4, 0.5) is 5.82 Å². The molecule has 1 aromatic heterocycles. The van der Waals surface area contributed by atoms with Gasteiger partial charge in [0.15, 0.2) is 0 Å². The maximum Gasteiger partial charge on any atom is 0.142 e. The Morgan fingerprint density at radius 2 is 1.52 bits per heavy atom. The third-order valence-corrected chi connectivity index (χ3v) is 6.45. The van der Waals surface area contributed by atoms with Crippen LogP contribution in [-0.4, -0.2) is 4.98 Å². The molecule has 0 amide bonds. The highest BCUT2D eigenvalue weighted by atomic mass is 32.2. The standard InChI is InChI=1S/C26H20N4S/c1-15-4-8-19(9-5-15)31-20-10-6-18(7-11-20)12-21-16(2)22(13-27)25-24(21)17(3)23(14-28)26(29)30-25/h4-12H,1-3H3,(H2,29,30)/b21-12-. The van der Waals surface area contributed by atoms with E-state index in [9.17, 15) is 10.5 Å². The fourth-order valence-electron chi connectivity index (χ4n) is 3.74. The van der Waals surface area contributed by atoms with Gasteiger partial charge in [-0.3, -0.25) is 0 Å². The number of nitriles is 2. The Morgan fingerprint density at radius 3 is 2.10 bits per heavy atom. The molecule has 3 aromatic rings. The Morgan fingerprint density at radius 1 is 0.903 bits per heavy atom. The molecule has 0 aliphatic heterocycles. The molecule has 1 aliphatic rings. The Hall–Kier alpha value is -3.80. The van der Waals surface area contributed by atoms with Crippen molar-refractivity contribution in [2.45, 2.75) is 30.6 Å². The second-order valence-electron chi connectivity index (χ2n) is 7.49. The summed E-state index contributed by atoms with van der Waals surface area (Å²) in [5, 5.41) is 19.2. The van der Waals surface area contributed by atoms with E-state index in [1.54, 1.807) is 11.8 Å². The third kappa shape index (κ3) is 3.72. The highest BCUT2D eigenvalue weighted by molar-refractivity contribution is 7.99. The van der Waals surface area contributed by atoms with Gasteiger partial charge < -0.3 is 5.73 Å². The minimum Gasteiger partial charge on any atom is -0.383 e. The average molecular weight is 421 g/mol. The number of nitrogens with two attached hydrogens (primary N) is 1. The lowest BCUT2D eigenvalue weighted by atomic mass is 9.95. The van der Waals surface area contributed by atoms with Crippen molar-refractivity contribution in [2.75, 3.05) is 5.73 Å². The first-order valence-corrected chi connectivity index (χ1v) is 10.6. The summed E-state index contributed by atoms with van der Waals surface area (Å²) < 4.78 is 0. The summed E-state index contributed by atoms with van der Waals surface area (Å²) in [7, 11) is 0. The smallest absolute Gasteiger partial charge is 0.142 e. The van der Waals surface area contributed by atoms with Gasteiger partial charge in [-0.1, -0.05) is 41.6 Å². The van der Waals surface area contributed by atoms with E-state index in [-0.39, 0.29) is 5.82 Å². The van der Waals surface area contributed by atoms with Crippen molar-refractivity contribution in [3.8, 4) is 12.1 Å². The number of allylic oxidation sites excluding steroid dienone is 3. The van der Waals surface area contributed by atoms with Crippen molar-refractivity contribution in [2.24, 2.45) is 0 Å². The number of benzene rings is 2. The molecule has 0 atom stereocenters. The van der Waals surface area contributed by atoms with E-state index in [0.717, 1.165) is 32.7 Å². The van der Waals surface area contributed by atoms with Crippen LogP contribution in [-0.2, 0) is 0 Å². The number of nitrogens with zero attached hydrogens (tertiary/aromatic N) is 3. The first kappa shape index (κ1) is 20.5. The lowest BCUT2D eigenvalue weighted by molar-refractivity contribution is 1.22. The zero-order valence-electron chi connectivity index (χ0n) is 17.5. The molecular weight excluding hydrogens is 400 g/mol. The highest BCUT2D eigenvalue weighted by Crippen LogP contribution is 2.44. The fourth-order valence-corrected chi connectivity index (χ4v) is 4.55. The molecule has 0 saturated heterocycles. The molecule has 0 bridgehead atoms. The van der Waals surface area contributed by atoms with Gasteiger partial charge in [0, 0.05) is 15.4 Å².